The Morgan fingerprint density at radius 1 is 0.434 bits per heavy atom. The van der Waals surface area contributed by atoms with Crippen molar-refractivity contribution in [2.45, 2.75) is 220 Å². The number of nitriles is 1. The van der Waals surface area contributed by atoms with E-state index in [2.05, 4.69) is 75.4 Å². The van der Waals surface area contributed by atoms with Crippen molar-refractivity contribution in [2.24, 2.45) is 0 Å². The van der Waals surface area contributed by atoms with Crippen molar-refractivity contribution in [1.29, 1.82) is 5.26 Å². The summed E-state index contributed by atoms with van der Waals surface area (Å²) in [4.78, 5) is 44.9. The highest BCUT2D eigenvalue weighted by atomic mass is 16.7. The minimum absolute atomic E-state index is 0.141. The molecule has 21 nitrogen and oxygen atoms in total. The number of hydrogen-bond acceptors (Lipinski definition) is 17. The van der Waals surface area contributed by atoms with Crippen molar-refractivity contribution >= 4 is 73.7 Å². The first-order valence-electron chi connectivity index (χ1n) is 52.2. The van der Waals surface area contributed by atoms with Gasteiger partial charge in [0.05, 0.1) is 63.1 Å². The first-order chi connectivity index (χ1) is 69.8. The summed E-state index contributed by atoms with van der Waals surface area (Å²) in [5, 5.41) is 30.2. The molecule has 0 fully saturated rings. The summed E-state index contributed by atoms with van der Waals surface area (Å²) in [6, 6.07) is 56.7. The molecule has 12 aliphatic heterocycles. The molecule has 1 unspecified atom stereocenters. The molecule has 2 aliphatic carbocycles. The zero-order valence-electron chi connectivity index (χ0n) is 83.2. The number of carbonyl (C=O) groups excluding carboxylic acids is 3. The van der Waals surface area contributed by atoms with E-state index in [0.717, 1.165) is 242 Å². The summed E-state index contributed by atoms with van der Waals surface area (Å²) >= 11 is 0. The zero-order valence-corrected chi connectivity index (χ0v) is 83.2. The fourth-order valence-electron chi connectivity index (χ4n) is 23.6. The summed E-state index contributed by atoms with van der Waals surface area (Å²) in [5.74, 6) is 4.94. The van der Waals surface area contributed by atoms with E-state index in [1.165, 1.54) is 163 Å². The summed E-state index contributed by atoms with van der Waals surface area (Å²) in [7, 11) is 0. The van der Waals surface area contributed by atoms with E-state index < -0.39 is 11.9 Å². The van der Waals surface area contributed by atoms with Crippen LogP contribution in [0.2, 0.25) is 0 Å². The van der Waals surface area contributed by atoms with E-state index in [9.17, 15) is 19.6 Å². The van der Waals surface area contributed by atoms with Crippen LogP contribution >= 0.6 is 0 Å². The Bertz CT molecular complexity index is 7610. The molecule has 8 N–H and O–H groups in total. The maximum Gasteiger partial charge on any atom is 0.341 e. The molecule has 0 amide bonds. The zero-order chi connectivity index (χ0) is 98.5. The van der Waals surface area contributed by atoms with Gasteiger partial charge in [0.25, 0.3) is 0 Å². The minimum Gasteiger partial charge on any atom is -0.463 e. The minimum atomic E-state index is -0.500. The predicted molar refractivity (Wildman–Crippen MR) is 562 cm³/mol. The normalized spacial score (nSPS) is 15.3. The van der Waals surface area contributed by atoms with Gasteiger partial charge in [-0.25, -0.2) is 23.5 Å². The lowest BCUT2D eigenvalue weighted by molar-refractivity contribution is -0.173. The SMILES string of the molecule is C=C(C)OCOC(=O)c1ccccc1-c1c2ccc(=[NH2+])cc-2oc2cc(N)ccc12.C=C(C)OCOC(=O)c1ccccc1C1=c2cc3c4c(c2Oc2c1cc1c5c2CCCN5CCC1)CCC[N+]=4CCC3.CCCCCCCCCCCCCCC(C)OC(=O)c1ccccc1-c1c2ccc(=[NH2+])cc-2oc2cc(N)ccc12.N#CC1=c2cc3c4c(c2Oc2c1cc1c5c2CCCN5CCC1)CCC[N+]=4CCC3. The fourth-order valence-corrected chi connectivity index (χ4v) is 23.6. The number of benzene rings is 11. The molecule has 143 heavy (non-hydrogen) atoms. The molecular formula is C122H131N9O12+4. The van der Waals surface area contributed by atoms with Gasteiger partial charge in [-0.05, 0) is 217 Å². The second-order valence-corrected chi connectivity index (χ2v) is 40.1. The Morgan fingerprint density at radius 3 is 1.34 bits per heavy atom. The number of nitrogen functional groups attached to an aromatic ring is 2. The quantitative estimate of drug-likeness (QED) is 0.00573. The van der Waals surface area contributed by atoms with Gasteiger partial charge >= 0.3 is 17.9 Å². The van der Waals surface area contributed by atoms with E-state index >= 15 is 0 Å². The molecule has 9 aromatic rings. The number of anilines is 4. The molecular weight excluding hydrogens is 1780 g/mol. The van der Waals surface area contributed by atoms with Crippen molar-refractivity contribution in [3.8, 4) is 74.0 Å². The Morgan fingerprint density at radius 2 is 0.846 bits per heavy atom. The van der Waals surface area contributed by atoms with Gasteiger partial charge in [-0.15, -0.1) is 0 Å². The molecule has 732 valence electrons. The third kappa shape index (κ3) is 19.8. The van der Waals surface area contributed by atoms with Crippen molar-refractivity contribution in [3.63, 3.8) is 0 Å². The summed E-state index contributed by atoms with van der Waals surface area (Å²) in [6.07, 6.45) is 34.4. The number of nitrogens with zero attached hydrogens (tertiary/aromatic N) is 5. The van der Waals surface area contributed by atoms with Crippen molar-refractivity contribution < 1.29 is 67.2 Å². The van der Waals surface area contributed by atoms with Crippen LogP contribution in [-0.2, 0) is 75.1 Å². The highest BCUT2D eigenvalue weighted by Crippen LogP contribution is 2.52. The van der Waals surface area contributed by atoms with Crippen LogP contribution in [0, 0.1) is 11.3 Å². The topological polar surface area (TPSA) is 282 Å². The number of nitrogens with two attached hydrogens (primary N) is 4. The predicted octanol–water partition coefficient (Wildman–Crippen LogP) is 18.6. The molecule has 21 heteroatoms. The molecule has 0 aromatic heterocycles. The smallest absolute Gasteiger partial charge is 0.341 e. The maximum atomic E-state index is 13.5. The number of esters is 3. The first kappa shape index (κ1) is 96.0. The second kappa shape index (κ2) is 42.7. The van der Waals surface area contributed by atoms with Crippen LogP contribution in [0.15, 0.2) is 203 Å². The standard InChI is InChI=1S/C36H37N2O4.C36H46N2O3.C26H26N3O.C24H20N2O4/c1-22(2)40-21-41-36(39)26-12-4-3-11-25(26)31-29-19-23-9-5-15-37-17-7-13-27(32(23)37)34(29)42-35-28-14-8-18-38-16-6-10-24(33(28)38)20-30(31)35;1-3-4-5-6-7-8-9-10-11-12-13-14-17-26(2)40-36(39)30-19-16-15-18-29(30)35-31-22-20-27(37)24-33(31)41-34-25-28(38)21-23-32(34)35;27-15-22-20-13-16-5-1-9-28-11-3-7-18(23(16)28)25(20)30-26-19-8-4-12-29-10-2-6-17(24(19)29)14-21(22)26;1-14(2)28-13-29-24(27)18-6-4-3-5-17(18)23-19-9-7-15(25)11-21(19)30-22-12-16(26)8-10-20(22)23/h3-4,11-12,19-20H,1,5-10,13-18,21H2,2H3;15-16,18-26,37H,3-14,17,38H2,1-2H3;13-14H,1-12H2;3-12,25H,1,13,26H2,2H3/q+1;;+1;/p+2. The van der Waals surface area contributed by atoms with E-state index in [1.54, 1.807) is 62.4 Å². The fraction of sp³-hybridized carbons (Fsp3) is 0.361. The number of carbonyl (C=O) groups is 3. The summed E-state index contributed by atoms with van der Waals surface area (Å²) in [6.45, 7) is 23.8. The van der Waals surface area contributed by atoms with Gasteiger partial charge in [-0.2, -0.15) is 5.26 Å². The number of hydrogen-bond donors (Lipinski definition) is 4. The van der Waals surface area contributed by atoms with E-state index in [1.807, 2.05) is 97.9 Å². The third-order valence-electron chi connectivity index (χ3n) is 30.0. The van der Waals surface area contributed by atoms with E-state index in [-0.39, 0.29) is 25.7 Å². The summed E-state index contributed by atoms with van der Waals surface area (Å²) < 4.78 is 58.7. The number of allylic oxidation sites excluding steroid dienone is 2. The average molecular weight is 1920 g/mol. The highest BCUT2D eigenvalue weighted by Gasteiger charge is 2.40. The molecule has 1 atom stereocenters. The van der Waals surface area contributed by atoms with Crippen LogP contribution in [0.5, 0.6) is 23.0 Å². The number of unbranched alkanes of at least 4 members (excludes halogenated alkanes) is 11. The van der Waals surface area contributed by atoms with E-state index in [0.29, 0.717) is 78.5 Å². The number of fused-ring (bicyclic) bond motifs is 12. The highest BCUT2D eigenvalue weighted by molar-refractivity contribution is 6.10. The third-order valence-corrected chi connectivity index (χ3v) is 30.0. The maximum absolute atomic E-state index is 13.5. The van der Waals surface area contributed by atoms with Crippen molar-refractivity contribution in [1.82, 2.24) is 9.15 Å². The number of ether oxygens (including phenoxy) is 7. The van der Waals surface area contributed by atoms with Crippen LogP contribution in [-0.4, -0.2) is 90.0 Å². The van der Waals surface area contributed by atoms with Gasteiger partial charge in [0, 0.05) is 181 Å². The van der Waals surface area contributed by atoms with Crippen LogP contribution in [0.1, 0.15) is 255 Å². The monoisotopic (exact) mass is 1910 g/mol. The van der Waals surface area contributed by atoms with Crippen LogP contribution in [0.4, 0.5) is 22.7 Å². The second-order valence-electron chi connectivity index (χ2n) is 40.1. The first-order valence-corrected chi connectivity index (χ1v) is 52.2. The lowest BCUT2D eigenvalue weighted by Gasteiger charge is -2.39. The molecule has 0 spiro atoms. The van der Waals surface area contributed by atoms with Gasteiger partial charge in [0.2, 0.25) is 24.3 Å². The molecule has 0 saturated heterocycles. The lowest BCUT2D eigenvalue weighted by Crippen LogP contribution is -2.45. The average Bonchev–Trinajstić information content (AvgIpc) is 0.699. The molecule has 0 saturated carbocycles. The number of rotatable bonds is 26. The van der Waals surface area contributed by atoms with Crippen LogP contribution in [0.25, 0.3) is 78.0 Å². The molecule has 14 aliphatic rings. The molecule has 9 aromatic carbocycles. The van der Waals surface area contributed by atoms with E-state index in [4.69, 9.17) is 64.3 Å². The Kier molecular flexibility index (Phi) is 28.7. The Balaban J connectivity index is 0.000000118. The van der Waals surface area contributed by atoms with Gasteiger partial charge in [0.15, 0.2) is 10.7 Å². The molecule has 23 rings (SSSR count). The largest absolute Gasteiger partial charge is 0.463 e. The number of aryl methyl sites for hydroxylation is 4. The molecule has 0 bridgehead atoms. The molecule has 0 radical (unpaired) electrons. The Hall–Kier alpha value is -14.5. The van der Waals surface area contributed by atoms with Gasteiger partial charge in [-0.3, -0.25) is 10.8 Å². The van der Waals surface area contributed by atoms with Crippen LogP contribution < -0.4 is 82.6 Å². The lowest BCUT2D eigenvalue weighted by atomic mass is 9.82. The Labute approximate surface area is 835 Å². The van der Waals surface area contributed by atoms with Gasteiger partial charge in [0.1, 0.15) is 77.9 Å². The van der Waals surface area contributed by atoms with Gasteiger partial charge in [-0.1, -0.05) is 145 Å². The van der Waals surface area contributed by atoms with Crippen molar-refractivity contribution in [3.05, 3.63) is 304 Å². The van der Waals surface area contributed by atoms with Gasteiger partial charge < -0.3 is 63.3 Å². The van der Waals surface area contributed by atoms with Crippen LogP contribution in [0.3, 0.4) is 0 Å². The summed E-state index contributed by atoms with van der Waals surface area (Å²) in [5.41, 5.74) is 39.6. The molecule has 12 heterocycles. The van der Waals surface area contributed by atoms with Crippen molar-refractivity contribution in [2.75, 3.05) is 87.2 Å².